The Morgan fingerprint density at radius 3 is 3.08 bits per heavy atom. The maximum Gasteiger partial charge on any atom is 0.265 e. The van der Waals surface area contributed by atoms with E-state index in [1.807, 2.05) is 0 Å². The molecule has 5 nitrogen and oxygen atoms in total. The number of aromatic nitrogens is 2. The predicted octanol–water partition coefficient (Wildman–Crippen LogP) is 0.612. The van der Waals surface area contributed by atoms with Crippen molar-refractivity contribution in [2.75, 3.05) is 5.73 Å². The highest BCUT2D eigenvalue weighted by atomic mass is 16.3. The molecule has 13 heavy (non-hydrogen) atoms. The van der Waals surface area contributed by atoms with Crippen LogP contribution >= 0.6 is 0 Å². The van der Waals surface area contributed by atoms with Crippen LogP contribution in [0.25, 0.3) is 11.3 Å². The van der Waals surface area contributed by atoms with E-state index in [1.165, 1.54) is 12.3 Å². The molecule has 0 amide bonds. The second-order valence-corrected chi connectivity index (χ2v) is 2.51. The molecule has 0 aliphatic heterocycles. The van der Waals surface area contributed by atoms with Crippen LogP contribution < -0.4 is 11.3 Å². The van der Waals surface area contributed by atoms with Crippen LogP contribution in [0.15, 0.2) is 33.7 Å². The Bertz CT molecular complexity index is 458. The van der Waals surface area contributed by atoms with Gasteiger partial charge in [-0.25, -0.2) is 5.10 Å². The van der Waals surface area contributed by atoms with Crippen LogP contribution in [0.1, 0.15) is 0 Å². The van der Waals surface area contributed by atoms with Crippen LogP contribution in [0.5, 0.6) is 0 Å². The first-order valence-electron chi connectivity index (χ1n) is 3.66. The summed E-state index contributed by atoms with van der Waals surface area (Å²) in [5, 5.41) is 5.84. The minimum absolute atomic E-state index is 0.245. The highest BCUT2D eigenvalue weighted by Crippen LogP contribution is 2.21. The van der Waals surface area contributed by atoms with Gasteiger partial charge in [0.2, 0.25) is 0 Å². The fourth-order valence-electron chi connectivity index (χ4n) is 1.04. The number of nitrogens with zero attached hydrogens (tertiary/aromatic N) is 1. The third-order valence-electron chi connectivity index (χ3n) is 1.62. The van der Waals surface area contributed by atoms with E-state index in [4.69, 9.17) is 10.2 Å². The number of anilines is 1. The average molecular weight is 177 g/mol. The summed E-state index contributed by atoms with van der Waals surface area (Å²) in [4.78, 5) is 10.9. The normalized spacial score (nSPS) is 10.2. The fourth-order valence-corrected chi connectivity index (χ4v) is 1.04. The van der Waals surface area contributed by atoms with E-state index < -0.39 is 0 Å². The Morgan fingerprint density at radius 2 is 2.38 bits per heavy atom. The van der Waals surface area contributed by atoms with E-state index in [2.05, 4.69) is 10.2 Å². The van der Waals surface area contributed by atoms with Crippen LogP contribution in [0.2, 0.25) is 0 Å². The summed E-state index contributed by atoms with van der Waals surface area (Å²) in [7, 11) is 0. The molecule has 0 aliphatic rings. The Balaban J connectivity index is 2.64. The van der Waals surface area contributed by atoms with Gasteiger partial charge in [0.1, 0.15) is 5.76 Å². The maximum atomic E-state index is 10.9. The van der Waals surface area contributed by atoms with E-state index in [-0.39, 0.29) is 11.4 Å². The first-order valence-corrected chi connectivity index (χ1v) is 3.66. The third-order valence-corrected chi connectivity index (χ3v) is 1.62. The second kappa shape index (κ2) is 2.78. The third kappa shape index (κ3) is 1.31. The van der Waals surface area contributed by atoms with Crippen LogP contribution in [-0.4, -0.2) is 10.2 Å². The first-order chi connectivity index (χ1) is 6.27. The van der Waals surface area contributed by atoms with Crippen LogP contribution in [0.4, 0.5) is 5.82 Å². The van der Waals surface area contributed by atoms with E-state index in [9.17, 15) is 4.79 Å². The van der Waals surface area contributed by atoms with Gasteiger partial charge in [-0.05, 0) is 12.1 Å². The number of nitrogens with one attached hydrogen (secondary N) is 1. The molecule has 0 saturated heterocycles. The molecule has 0 fully saturated rings. The maximum absolute atomic E-state index is 10.9. The van der Waals surface area contributed by atoms with E-state index >= 15 is 0 Å². The van der Waals surface area contributed by atoms with E-state index in [0.29, 0.717) is 11.3 Å². The summed E-state index contributed by atoms with van der Waals surface area (Å²) in [6, 6.07) is 4.78. The molecular formula is C8H7N3O2. The summed E-state index contributed by atoms with van der Waals surface area (Å²) in [5.41, 5.74) is 5.74. The van der Waals surface area contributed by atoms with Gasteiger partial charge in [-0.1, -0.05) is 0 Å². The quantitative estimate of drug-likeness (QED) is 0.668. The number of H-pyrrole nitrogens is 1. The van der Waals surface area contributed by atoms with Crippen molar-refractivity contribution in [1.82, 2.24) is 10.2 Å². The molecule has 5 heteroatoms. The van der Waals surface area contributed by atoms with Crippen molar-refractivity contribution in [3.63, 3.8) is 0 Å². The SMILES string of the molecule is Nc1n[nH]c(=O)cc1-c1ccco1. The Kier molecular flexibility index (Phi) is 1.63. The number of furan rings is 1. The Labute approximate surface area is 73.2 Å². The highest BCUT2D eigenvalue weighted by Gasteiger charge is 2.06. The molecule has 0 bridgehead atoms. The van der Waals surface area contributed by atoms with Crippen molar-refractivity contribution in [1.29, 1.82) is 0 Å². The minimum Gasteiger partial charge on any atom is -0.464 e. The number of aromatic amines is 1. The zero-order valence-electron chi connectivity index (χ0n) is 6.65. The van der Waals surface area contributed by atoms with Gasteiger partial charge in [0.15, 0.2) is 5.82 Å². The van der Waals surface area contributed by atoms with Crippen LogP contribution in [0, 0.1) is 0 Å². The molecule has 0 saturated carbocycles. The molecule has 0 aromatic carbocycles. The number of nitrogen functional groups attached to an aromatic ring is 1. The average Bonchev–Trinajstić information content (AvgIpc) is 2.61. The standard InChI is InChI=1S/C8H7N3O2/c9-8-5(4-7(12)10-11-8)6-2-1-3-13-6/h1-4H,(H2,9,11)(H,10,12). The van der Waals surface area contributed by atoms with Crippen molar-refractivity contribution >= 4 is 5.82 Å². The van der Waals surface area contributed by atoms with Gasteiger partial charge in [-0.3, -0.25) is 4.79 Å². The lowest BCUT2D eigenvalue weighted by Crippen LogP contribution is -2.09. The summed E-state index contributed by atoms with van der Waals surface area (Å²) >= 11 is 0. The van der Waals surface area contributed by atoms with E-state index in [1.54, 1.807) is 12.1 Å². The zero-order valence-corrected chi connectivity index (χ0v) is 6.65. The van der Waals surface area contributed by atoms with E-state index in [0.717, 1.165) is 0 Å². The minimum atomic E-state index is -0.305. The first kappa shape index (κ1) is 7.60. The smallest absolute Gasteiger partial charge is 0.265 e. The molecule has 0 radical (unpaired) electrons. The van der Waals surface area contributed by atoms with Crippen molar-refractivity contribution < 1.29 is 4.42 Å². The lowest BCUT2D eigenvalue weighted by atomic mass is 10.2. The van der Waals surface area contributed by atoms with Crippen LogP contribution in [0.3, 0.4) is 0 Å². The molecule has 2 heterocycles. The molecule has 66 valence electrons. The topological polar surface area (TPSA) is 84.9 Å². The predicted molar refractivity (Wildman–Crippen MR) is 47.0 cm³/mol. The molecule has 3 N–H and O–H groups in total. The van der Waals surface area contributed by atoms with Crippen LogP contribution in [-0.2, 0) is 0 Å². The van der Waals surface area contributed by atoms with Crippen molar-refractivity contribution in [3.8, 4) is 11.3 Å². The summed E-state index contributed by atoms with van der Waals surface area (Å²) in [6.45, 7) is 0. The second-order valence-electron chi connectivity index (χ2n) is 2.51. The molecule has 0 spiro atoms. The van der Waals surface area contributed by atoms with Gasteiger partial charge in [0.25, 0.3) is 5.56 Å². The summed E-state index contributed by atoms with van der Waals surface area (Å²) in [6.07, 6.45) is 1.51. The molecule has 2 aromatic heterocycles. The Hall–Kier alpha value is -2.04. The Morgan fingerprint density at radius 1 is 1.54 bits per heavy atom. The molecule has 0 aliphatic carbocycles. The fraction of sp³-hybridized carbons (Fsp3) is 0. The zero-order chi connectivity index (χ0) is 9.26. The van der Waals surface area contributed by atoms with Gasteiger partial charge in [-0.15, -0.1) is 0 Å². The van der Waals surface area contributed by atoms with Crippen molar-refractivity contribution in [2.45, 2.75) is 0 Å². The number of hydrogen-bond donors (Lipinski definition) is 2. The molecular weight excluding hydrogens is 170 g/mol. The largest absolute Gasteiger partial charge is 0.464 e. The van der Waals surface area contributed by atoms with Gasteiger partial charge in [0.05, 0.1) is 11.8 Å². The lowest BCUT2D eigenvalue weighted by Gasteiger charge is -1.98. The van der Waals surface area contributed by atoms with Gasteiger partial charge < -0.3 is 10.2 Å². The molecule has 2 rings (SSSR count). The molecule has 2 aromatic rings. The number of hydrogen-bond acceptors (Lipinski definition) is 4. The molecule has 0 unspecified atom stereocenters. The van der Waals surface area contributed by atoms with Gasteiger partial charge in [-0.2, -0.15) is 5.10 Å². The van der Waals surface area contributed by atoms with Crippen molar-refractivity contribution in [3.05, 3.63) is 34.8 Å². The lowest BCUT2D eigenvalue weighted by molar-refractivity contribution is 0.582. The highest BCUT2D eigenvalue weighted by molar-refractivity contribution is 5.68. The summed E-state index contributed by atoms with van der Waals surface area (Å²) in [5.74, 6) is 0.783. The number of nitrogens with two attached hydrogens (primary N) is 1. The monoisotopic (exact) mass is 177 g/mol. The van der Waals surface area contributed by atoms with Gasteiger partial charge in [0, 0.05) is 6.07 Å². The van der Waals surface area contributed by atoms with Crippen molar-refractivity contribution in [2.24, 2.45) is 0 Å². The van der Waals surface area contributed by atoms with Gasteiger partial charge >= 0.3 is 0 Å². The number of rotatable bonds is 1. The molecule has 0 atom stereocenters. The summed E-state index contributed by atoms with van der Waals surface area (Å²) < 4.78 is 5.08.